The smallest absolute Gasteiger partial charge is 0.142 e. The van der Waals surface area contributed by atoms with Crippen LogP contribution in [0.25, 0.3) is 22.3 Å². The van der Waals surface area contributed by atoms with Gasteiger partial charge in [0.25, 0.3) is 0 Å². The average molecular weight is 377 g/mol. The van der Waals surface area contributed by atoms with Gasteiger partial charge in [0.2, 0.25) is 0 Å². The van der Waals surface area contributed by atoms with E-state index in [9.17, 15) is 4.39 Å². The molecule has 0 bridgehead atoms. The van der Waals surface area contributed by atoms with Crippen LogP contribution >= 0.6 is 12.2 Å². The van der Waals surface area contributed by atoms with Crippen molar-refractivity contribution in [3.05, 3.63) is 94.9 Å². The number of hydrogen-bond acceptors (Lipinski definition) is 2. The van der Waals surface area contributed by atoms with Crippen molar-refractivity contribution in [2.24, 2.45) is 0 Å². The number of benzene rings is 2. The zero-order valence-corrected chi connectivity index (χ0v) is 16.1. The normalized spacial score (nSPS) is 13.3. The lowest BCUT2D eigenvalue weighted by Gasteiger charge is -2.11. The summed E-state index contributed by atoms with van der Waals surface area (Å²) < 4.78 is 15.2. The average Bonchev–Trinajstić information content (AvgIpc) is 2.99. The molecule has 0 amide bonds. The van der Waals surface area contributed by atoms with Gasteiger partial charge >= 0.3 is 0 Å². The Kier molecular flexibility index (Phi) is 6.09. The Balaban J connectivity index is 0.00000102. The standard InChI is InChI=1S/C21H15FN2S.C2H6/c22-18-13-15(14-7-3-1-2-4-8-14)11-12-16(18)20-23-19-10-6-5-9-17(19)21(25)24-20;1-2/h1-14H,(H,23,24,25);1-2H3. The highest BCUT2D eigenvalue weighted by Crippen LogP contribution is 2.27. The highest BCUT2D eigenvalue weighted by molar-refractivity contribution is 7.71. The topological polar surface area (TPSA) is 28.7 Å². The molecule has 27 heavy (non-hydrogen) atoms. The molecule has 2 aromatic carbocycles. The van der Waals surface area contributed by atoms with Gasteiger partial charge in [0.15, 0.2) is 0 Å². The highest BCUT2D eigenvalue weighted by Gasteiger charge is 2.13. The molecule has 4 heteroatoms. The molecule has 1 aliphatic carbocycles. The Hall–Kier alpha value is -2.85. The molecular formula is C23H21FN2S. The van der Waals surface area contributed by atoms with Crippen molar-refractivity contribution >= 4 is 23.1 Å². The maximum atomic E-state index is 14.8. The van der Waals surface area contributed by atoms with Gasteiger partial charge in [-0.2, -0.15) is 0 Å². The molecule has 0 fully saturated rings. The number of fused-ring (bicyclic) bond motifs is 1. The number of H-pyrrole nitrogens is 1. The predicted molar refractivity (Wildman–Crippen MR) is 114 cm³/mol. The molecule has 0 saturated heterocycles. The molecule has 0 atom stereocenters. The van der Waals surface area contributed by atoms with Crippen LogP contribution in [0.2, 0.25) is 0 Å². The zero-order chi connectivity index (χ0) is 19.2. The van der Waals surface area contributed by atoms with Crippen molar-refractivity contribution in [2.45, 2.75) is 19.8 Å². The summed E-state index contributed by atoms with van der Waals surface area (Å²) in [6, 6.07) is 12.9. The van der Waals surface area contributed by atoms with Crippen LogP contribution in [0.15, 0.2) is 78.9 Å². The van der Waals surface area contributed by atoms with Crippen molar-refractivity contribution in [3.63, 3.8) is 0 Å². The summed E-state index contributed by atoms with van der Waals surface area (Å²) in [7, 11) is 0. The second-order valence-electron chi connectivity index (χ2n) is 5.86. The molecule has 1 aliphatic rings. The number of allylic oxidation sites excluding steroid dienone is 6. The highest BCUT2D eigenvalue weighted by atomic mass is 32.1. The van der Waals surface area contributed by atoms with Crippen LogP contribution in [0.1, 0.15) is 25.3 Å². The molecule has 0 spiro atoms. The van der Waals surface area contributed by atoms with E-state index in [-0.39, 0.29) is 11.7 Å². The summed E-state index contributed by atoms with van der Waals surface area (Å²) in [5.74, 6) is 0.188. The van der Waals surface area contributed by atoms with E-state index in [4.69, 9.17) is 12.2 Å². The molecule has 0 unspecified atom stereocenters. The lowest BCUT2D eigenvalue weighted by Crippen LogP contribution is -1.97. The van der Waals surface area contributed by atoms with Crippen molar-refractivity contribution < 1.29 is 4.39 Å². The van der Waals surface area contributed by atoms with E-state index in [2.05, 4.69) is 9.97 Å². The van der Waals surface area contributed by atoms with Crippen LogP contribution in [0, 0.1) is 10.5 Å². The number of aromatic nitrogens is 2. The molecule has 3 aromatic rings. The van der Waals surface area contributed by atoms with Crippen LogP contribution in [-0.2, 0) is 0 Å². The van der Waals surface area contributed by atoms with Crippen LogP contribution in [0.3, 0.4) is 0 Å². The monoisotopic (exact) mass is 376 g/mol. The number of nitrogens with zero attached hydrogens (tertiary/aromatic N) is 1. The first kappa shape index (κ1) is 18.9. The third-order valence-electron chi connectivity index (χ3n) is 4.23. The van der Waals surface area contributed by atoms with Crippen molar-refractivity contribution in [1.82, 2.24) is 9.97 Å². The van der Waals surface area contributed by atoms with Gasteiger partial charge in [-0.15, -0.1) is 0 Å². The van der Waals surface area contributed by atoms with E-state index in [0.717, 1.165) is 16.5 Å². The molecule has 1 aromatic heterocycles. The maximum Gasteiger partial charge on any atom is 0.142 e. The largest absolute Gasteiger partial charge is 0.339 e. The van der Waals surface area contributed by atoms with Gasteiger partial charge in [0, 0.05) is 16.8 Å². The fourth-order valence-electron chi connectivity index (χ4n) is 2.94. The zero-order valence-electron chi connectivity index (χ0n) is 15.3. The van der Waals surface area contributed by atoms with E-state index in [0.29, 0.717) is 16.0 Å². The molecule has 4 rings (SSSR count). The SMILES string of the molecule is CC.Fc1cc(C2C=CC=CC=C2)ccc1-c1nc(=S)c2ccccc2[nH]1. The Labute approximate surface area is 163 Å². The number of nitrogens with one attached hydrogen (secondary N) is 1. The van der Waals surface area contributed by atoms with Gasteiger partial charge < -0.3 is 4.98 Å². The molecular weight excluding hydrogens is 355 g/mol. The Morgan fingerprint density at radius 2 is 1.67 bits per heavy atom. The number of halogens is 1. The van der Waals surface area contributed by atoms with Gasteiger partial charge in [0.05, 0.1) is 5.56 Å². The van der Waals surface area contributed by atoms with Crippen LogP contribution in [0.5, 0.6) is 0 Å². The van der Waals surface area contributed by atoms with E-state index in [1.54, 1.807) is 12.1 Å². The number of aromatic amines is 1. The van der Waals surface area contributed by atoms with Gasteiger partial charge in [-0.1, -0.05) is 80.7 Å². The van der Waals surface area contributed by atoms with E-state index < -0.39 is 0 Å². The minimum atomic E-state index is -0.315. The van der Waals surface area contributed by atoms with Crippen LogP contribution < -0.4 is 0 Å². The predicted octanol–water partition coefficient (Wildman–Crippen LogP) is 6.89. The fourth-order valence-corrected chi connectivity index (χ4v) is 3.21. The summed E-state index contributed by atoms with van der Waals surface area (Å²) in [5.41, 5.74) is 2.17. The summed E-state index contributed by atoms with van der Waals surface area (Å²) in [5, 5.41) is 0.861. The van der Waals surface area contributed by atoms with Crippen molar-refractivity contribution in [3.8, 4) is 11.4 Å². The lowest BCUT2D eigenvalue weighted by molar-refractivity contribution is 0.627. The van der Waals surface area contributed by atoms with Crippen LogP contribution in [-0.4, -0.2) is 9.97 Å². The van der Waals surface area contributed by atoms with E-state index >= 15 is 0 Å². The first-order chi connectivity index (χ1) is 13.2. The quantitative estimate of drug-likeness (QED) is 0.493. The van der Waals surface area contributed by atoms with Gasteiger partial charge in [-0.25, -0.2) is 9.37 Å². The summed E-state index contributed by atoms with van der Waals surface area (Å²) >= 11 is 5.35. The molecule has 0 radical (unpaired) electrons. The molecule has 0 aliphatic heterocycles. The second kappa shape index (κ2) is 8.69. The van der Waals surface area contributed by atoms with Crippen molar-refractivity contribution in [1.29, 1.82) is 0 Å². The molecule has 136 valence electrons. The third-order valence-corrected chi connectivity index (χ3v) is 4.54. The van der Waals surface area contributed by atoms with E-state index in [1.165, 1.54) is 0 Å². The maximum absolute atomic E-state index is 14.8. The summed E-state index contributed by atoms with van der Waals surface area (Å²) in [4.78, 5) is 7.55. The lowest BCUT2D eigenvalue weighted by atomic mass is 9.97. The first-order valence-electron chi connectivity index (χ1n) is 9.03. The molecule has 1 heterocycles. The number of para-hydroxylation sites is 1. The minimum Gasteiger partial charge on any atom is -0.339 e. The number of rotatable bonds is 2. The van der Waals surface area contributed by atoms with Crippen LogP contribution in [0.4, 0.5) is 4.39 Å². The molecule has 1 N–H and O–H groups in total. The Bertz CT molecular complexity index is 1080. The van der Waals surface area contributed by atoms with Crippen molar-refractivity contribution in [2.75, 3.05) is 0 Å². The minimum absolute atomic E-state index is 0.0570. The third kappa shape index (κ3) is 4.12. The number of hydrogen-bond donors (Lipinski definition) is 1. The van der Waals surface area contributed by atoms with Gasteiger partial charge in [-0.3, -0.25) is 0 Å². The fraction of sp³-hybridized carbons (Fsp3) is 0.130. The second-order valence-corrected chi connectivity index (χ2v) is 6.24. The summed E-state index contributed by atoms with van der Waals surface area (Å²) in [6.07, 6.45) is 11.9. The Morgan fingerprint density at radius 3 is 2.37 bits per heavy atom. The van der Waals surface area contributed by atoms with Gasteiger partial charge in [0.1, 0.15) is 16.3 Å². The van der Waals surface area contributed by atoms with E-state index in [1.807, 2.05) is 80.6 Å². The molecule has 0 saturated carbocycles. The first-order valence-corrected chi connectivity index (χ1v) is 9.44. The van der Waals surface area contributed by atoms with Gasteiger partial charge in [-0.05, 0) is 29.8 Å². The Morgan fingerprint density at radius 1 is 0.963 bits per heavy atom. The summed E-state index contributed by atoms with van der Waals surface area (Å²) in [6.45, 7) is 4.00. The molecule has 2 nitrogen and oxygen atoms in total.